The van der Waals surface area contributed by atoms with Gasteiger partial charge in [-0.15, -0.1) is 0 Å². The number of nitrogens with one attached hydrogen (secondary N) is 1. The second-order valence-corrected chi connectivity index (χ2v) is 5.54. The molecule has 1 aromatic rings. The summed E-state index contributed by atoms with van der Waals surface area (Å²) in [5.41, 5.74) is 5.55. The van der Waals surface area contributed by atoms with Gasteiger partial charge >= 0.3 is 0 Å². The zero-order valence-corrected chi connectivity index (χ0v) is 10.9. The fourth-order valence-corrected chi connectivity index (χ4v) is 2.15. The lowest BCUT2D eigenvalue weighted by Crippen LogP contribution is -2.24. The molecule has 0 fully saturated rings. The van der Waals surface area contributed by atoms with E-state index in [1.165, 1.54) is 12.1 Å². The molecule has 100 valence electrons. The van der Waals surface area contributed by atoms with Crippen LogP contribution in [-0.4, -0.2) is 20.9 Å². The largest absolute Gasteiger partial charge is 0.330 e. The number of benzene rings is 1. The molecule has 0 heterocycles. The number of rotatable bonds is 5. The smallest absolute Gasteiger partial charge is 0.240 e. The van der Waals surface area contributed by atoms with Crippen LogP contribution in [0.4, 0.5) is 5.69 Å². The van der Waals surface area contributed by atoms with Gasteiger partial charge in [0.15, 0.2) is 0 Å². The minimum atomic E-state index is -3.86. The molecule has 1 unspecified atom stereocenters. The highest BCUT2D eigenvalue weighted by Crippen LogP contribution is 2.20. The molecule has 18 heavy (non-hydrogen) atoms. The zero-order valence-electron chi connectivity index (χ0n) is 10.1. The van der Waals surface area contributed by atoms with Crippen LogP contribution in [0.5, 0.6) is 0 Å². The van der Waals surface area contributed by atoms with Crippen LogP contribution < -0.4 is 16.2 Å². The van der Waals surface area contributed by atoms with Crippen molar-refractivity contribution in [3.05, 3.63) is 24.3 Å². The molecule has 0 saturated carbocycles. The van der Waals surface area contributed by atoms with Gasteiger partial charge in [-0.3, -0.25) is 4.79 Å². The number of para-hydroxylation sites is 1. The van der Waals surface area contributed by atoms with Crippen molar-refractivity contribution in [3.8, 4) is 0 Å². The van der Waals surface area contributed by atoms with Crippen molar-refractivity contribution in [3.63, 3.8) is 0 Å². The molecular formula is C11H17N3O3S. The maximum Gasteiger partial charge on any atom is 0.240 e. The zero-order chi connectivity index (χ0) is 13.8. The average Bonchev–Trinajstić information content (AvgIpc) is 2.28. The molecule has 0 saturated heterocycles. The van der Waals surface area contributed by atoms with Gasteiger partial charge in [-0.2, -0.15) is 0 Å². The number of amides is 1. The topological polar surface area (TPSA) is 115 Å². The molecule has 0 aliphatic carbocycles. The number of carbonyl (C=O) groups excluding carboxylic acids is 1. The Morgan fingerprint density at radius 1 is 1.39 bits per heavy atom. The molecular weight excluding hydrogens is 254 g/mol. The van der Waals surface area contributed by atoms with Gasteiger partial charge in [-0.1, -0.05) is 19.1 Å². The minimum Gasteiger partial charge on any atom is -0.330 e. The van der Waals surface area contributed by atoms with Crippen molar-refractivity contribution in [2.24, 2.45) is 16.8 Å². The third kappa shape index (κ3) is 3.80. The summed E-state index contributed by atoms with van der Waals surface area (Å²) in [7, 11) is -3.86. The first-order chi connectivity index (χ1) is 8.36. The van der Waals surface area contributed by atoms with Gasteiger partial charge in [0.05, 0.1) is 5.69 Å². The predicted octanol–water partition coefficient (Wildman–Crippen LogP) is 0.257. The first kappa shape index (κ1) is 14.6. The summed E-state index contributed by atoms with van der Waals surface area (Å²) in [6, 6.07) is 6.00. The SMILES string of the molecule is CC(CCN)C(=O)Nc1ccccc1S(N)(=O)=O. The van der Waals surface area contributed by atoms with Crippen molar-refractivity contribution in [1.29, 1.82) is 0 Å². The van der Waals surface area contributed by atoms with E-state index >= 15 is 0 Å². The Balaban J connectivity index is 2.95. The summed E-state index contributed by atoms with van der Waals surface area (Å²) in [5, 5.41) is 7.62. The normalized spacial score (nSPS) is 13.1. The van der Waals surface area contributed by atoms with E-state index in [1.807, 2.05) is 0 Å². The Morgan fingerprint density at radius 3 is 2.56 bits per heavy atom. The summed E-state index contributed by atoms with van der Waals surface area (Å²) >= 11 is 0. The van der Waals surface area contributed by atoms with Crippen LogP contribution in [-0.2, 0) is 14.8 Å². The first-order valence-corrected chi connectivity index (χ1v) is 7.03. The van der Waals surface area contributed by atoms with Gasteiger partial charge in [0.25, 0.3) is 0 Å². The van der Waals surface area contributed by atoms with Crippen LogP contribution in [0, 0.1) is 5.92 Å². The lowest BCUT2D eigenvalue weighted by molar-refractivity contribution is -0.119. The van der Waals surface area contributed by atoms with Gasteiger partial charge in [0.1, 0.15) is 4.90 Å². The van der Waals surface area contributed by atoms with Crippen LogP contribution in [0.15, 0.2) is 29.2 Å². The number of carbonyl (C=O) groups is 1. The van der Waals surface area contributed by atoms with Gasteiger partial charge in [-0.05, 0) is 25.1 Å². The van der Waals surface area contributed by atoms with Crippen LogP contribution in [0.1, 0.15) is 13.3 Å². The third-order valence-corrected chi connectivity index (χ3v) is 3.47. The second-order valence-electron chi connectivity index (χ2n) is 4.01. The molecule has 0 radical (unpaired) electrons. The van der Waals surface area contributed by atoms with E-state index in [1.54, 1.807) is 19.1 Å². The van der Waals surface area contributed by atoms with Crippen molar-refractivity contribution < 1.29 is 13.2 Å². The molecule has 0 aliphatic rings. The summed E-state index contributed by atoms with van der Waals surface area (Å²) in [6.45, 7) is 2.12. The number of primary sulfonamides is 1. The molecule has 6 nitrogen and oxygen atoms in total. The number of nitrogens with two attached hydrogens (primary N) is 2. The minimum absolute atomic E-state index is 0.0988. The van der Waals surface area contributed by atoms with Crippen molar-refractivity contribution in [1.82, 2.24) is 0 Å². The van der Waals surface area contributed by atoms with E-state index in [0.717, 1.165) is 0 Å². The van der Waals surface area contributed by atoms with Crippen LogP contribution in [0.3, 0.4) is 0 Å². The van der Waals surface area contributed by atoms with E-state index in [9.17, 15) is 13.2 Å². The summed E-state index contributed by atoms with van der Waals surface area (Å²) in [4.78, 5) is 11.7. The Hall–Kier alpha value is -1.44. The third-order valence-electron chi connectivity index (χ3n) is 2.50. The Labute approximate surface area is 106 Å². The molecule has 5 N–H and O–H groups in total. The lowest BCUT2D eigenvalue weighted by atomic mass is 10.1. The van der Waals surface area contributed by atoms with E-state index in [-0.39, 0.29) is 22.4 Å². The monoisotopic (exact) mass is 271 g/mol. The highest BCUT2D eigenvalue weighted by Gasteiger charge is 2.17. The molecule has 1 aromatic carbocycles. The highest BCUT2D eigenvalue weighted by atomic mass is 32.2. The molecule has 7 heteroatoms. The van der Waals surface area contributed by atoms with Crippen molar-refractivity contribution >= 4 is 21.6 Å². The highest BCUT2D eigenvalue weighted by molar-refractivity contribution is 7.89. The Bertz CT molecular complexity index is 528. The summed E-state index contributed by atoms with van der Waals surface area (Å²) in [6.07, 6.45) is 0.531. The lowest BCUT2D eigenvalue weighted by Gasteiger charge is -2.13. The van der Waals surface area contributed by atoms with Crippen LogP contribution in [0.2, 0.25) is 0 Å². The van der Waals surface area contributed by atoms with E-state index in [0.29, 0.717) is 13.0 Å². The second kappa shape index (κ2) is 5.94. The number of hydrogen-bond acceptors (Lipinski definition) is 4. The van der Waals surface area contributed by atoms with Gasteiger partial charge < -0.3 is 11.1 Å². The standard InChI is InChI=1S/C11H17N3O3S/c1-8(6-7-12)11(15)14-9-4-2-3-5-10(9)18(13,16)17/h2-5,8H,6-7,12H2,1H3,(H,14,15)(H2,13,16,17). The van der Waals surface area contributed by atoms with Gasteiger partial charge in [-0.25, -0.2) is 13.6 Å². The fourth-order valence-electron chi connectivity index (χ4n) is 1.46. The van der Waals surface area contributed by atoms with Crippen LogP contribution in [0.25, 0.3) is 0 Å². The van der Waals surface area contributed by atoms with Crippen molar-refractivity contribution in [2.45, 2.75) is 18.2 Å². The Kier molecular flexibility index (Phi) is 4.83. The molecule has 0 spiro atoms. The van der Waals surface area contributed by atoms with Gasteiger partial charge in [0, 0.05) is 5.92 Å². The number of hydrogen-bond donors (Lipinski definition) is 3. The quantitative estimate of drug-likeness (QED) is 0.712. The molecule has 0 aliphatic heterocycles. The van der Waals surface area contributed by atoms with Crippen molar-refractivity contribution in [2.75, 3.05) is 11.9 Å². The number of anilines is 1. The van der Waals surface area contributed by atoms with Gasteiger partial charge in [0.2, 0.25) is 15.9 Å². The fraction of sp³-hybridized carbons (Fsp3) is 0.364. The summed E-state index contributed by atoms with van der Waals surface area (Å²) in [5.74, 6) is -0.569. The van der Waals surface area contributed by atoms with E-state index in [2.05, 4.69) is 5.32 Å². The molecule has 1 amide bonds. The molecule has 0 aromatic heterocycles. The predicted molar refractivity (Wildman–Crippen MR) is 69.3 cm³/mol. The molecule has 1 rings (SSSR count). The maximum atomic E-state index is 11.8. The van der Waals surface area contributed by atoms with Crippen LogP contribution >= 0.6 is 0 Å². The number of sulfonamides is 1. The molecule has 1 atom stereocenters. The van der Waals surface area contributed by atoms with E-state index in [4.69, 9.17) is 10.9 Å². The van der Waals surface area contributed by atoms with E-state index < -0.39 is 10.0 Å². The molecule has 0 bridgehead atoms. The summed E-state index contributed by atoms with van der Waals surface area (Å²) < 4.78 is 22.7. The Morgan fingerprint density at radius 2 is 2.00 bits per heavy atom. The maximum absolute atomic E-state index is 11.8. The first-order valence-electron chi connectivity index (χ1n) is 5.49. The average molecular weight is 271 g/mol.